The van der Waals surface area contributed by atoms with Crippen LogP contribution in [0.25, 0.3) is 0 Å². The molecule has 1 aliphatic rings. The highest BCUT2D eigenvalue weighted by atomic mass is 35.5. The molecule has 0 spiro atoms. The molecule has 6 nitrogen and oxygen atoms in total. The second-order valence-electron chi connectivity index (χ2n) is 7.03. The number of rotatable bonds is 12. The minimum Gasteiger partial charge on any atom is -0.490 e. The third-order valence-corrected chi connectivity index (χ3v) is 5.42. The van der Waals surface area contributed by atoms with Gasteiger partial charge in [-0.05, 0) is 37.5 Å². The van der Waals surface area contributed by atoms with Crippen molar-refractivity contribution in [2.75, 3.05) is 20.3 Å². The lowest BCUT2D eigenvalue weighted by Crippen LogP contribution is -2.23. The summed E-state index contributed by atoms with van der Waals surface area (Å²) in [6.45, 7) is 0.627. The van der Waals surface area contributed by atoms with Gasteiger partial charge in [0.05, 0.1) is 25.9 Å². The van der Waals surface area contributed by atoms with Crippen LogP contribution in [-0.2, 0) is 18.8 Å². The predicted molar refractivity (Wildman–Crippen MR) is 120 cm³/mol. The third-order valence-electron chi connectivity index (χ3n) is 4.83. The lowest BCUT2D eigenvalue weighted by atomic mass is 9.94. The molecule has 1 aromatic rings. The van der Waals surface area contributed by atoms with Crippen LogP contribution < -0.4 is 4.74 Å². The lowest BCUT2D eigenvalue weighted by Gasteiger charge is -2.17. The Labute approximate surface area is 185 Å². The van der Waals surface area contributed by atoms with Crippen LogP contribution in [0, 0.1) is 5.92 Å². The molecule has 3 unspecified atom stereocenters. The van der Waals surface area contributed by atoms with Gasteiger partial charge >= 0.3 is 5.97 Å². The summed E-state index contributed by atoms with van der Waals surface area (Å²) in [5, 5.41) is 10.9. The minimum atomic E-state index is -0.516. The van der Waals surface area contributed by atoms with Gasteiger partial charge < -0.3 is 23.8 Å². The molecule has 2 rings (SSSR count). The number of aliphatic hydroxyl groups excluding tert-OH is 1. The second kappa shape index (κ2) is 13.8. The highest BCUT2D eigenvalue weighted by Crippen LogP contribution is 2.27. The second-order valence-corrected chi connectivity index (χ2v) is 7.74. The van der Waals surface area contributed by atoms with Crippen molar-refractivity contribution in [2.45, 2.75) is 44.0 Å². The zero-order chi connectivity index (χ0) is 21.8. The van der Waals surface area contributed by atoms with Crippen molar-refractivity contribution in [1.82, 2.24) is 0 Å². The van der Waals surface area contributed by atoms with Crippen molar-refractivity contribution in [3.8, 4) is 5.75 Å². The van der Waals surface area contributed by atoms with E-state index in [2.05, 4.69) is 14.2 Å². The van der Waals surface area contributed by atoms with Crippen LogP contribution in [0.1, 0.15) is 25.7 Å². The van der Waals surface area contributed by atoms with E-state index in [1.165, 1.54) is 7.11 Å². The van der Waals surface area contributed by atoms with Crippen LogP contribution in [0.5, 0.6) is 5.75 Å². The summed E-state index contributed by atoms with van der Waals surface area (Å²) in [6.07, 6.45) is 9.51. The average Bonchev–Trinajstić information content (AvgIpc) is 3.10. The summed E-state index contributed by atoms with van der Waals surface area (Å²) in [6, 6.07) is 7.19. The Balaban J connectivity index is 1.80. The normalized spacial score (nSPS) is 22.6. The van der Waals surface area contributed by atoms with E-state index in [9.17, 15) is 9.90 Å². The first-order valence-electron chi connectivity index (χ1n) is 9.97. The smallest absolute Gasteiger partial charge is 0.305 e. The highest BCUT2D eigenvalue weighted by Gasteiger charge is 2.33. The largest absolute Gasteiger partial charge is 0.490 e. The highest BCUT2D eigenvalue weighted by molar-refractivity contribution is 7.09. The molecule has 0 bridgehead atoms. The number of allylic oxidation sites excluding steroid dienone is 2. The van der Waals surface area contributed by atoms with E-state index < -0.39 is 6.10 Å². The van der Waals surface area contributed by atoms with Gasteiger partial charge in [0.25, 0.3) is 0 Å². The van der Waals surface area contributed by atoms with E-state index in [0.717, 1.165) is 12.8 Å². The fourth-order valence-corrected chi connectivity index (χ4v) is 3.46. The molecule has 1 heterocycles. The van der Waals surface area contributed by atoms with Gasteiger partial charge in [-0.1, -0.05) is 42.0 Å². The van der Waals surface area contributed by atoms with E-state index in [1.54, 1.807) is 12.1 Å². The summed E-state index contributed by atoms with van der Waals surface area (Å²) in [4.78, 5) is 11.1. The number of benzene rings is 1. The Morgan fingerprint density at radius 3 is 3.00 bits per heavy atom. The third kappa shape index (κ3) is 8.75. The molecule has 1 fully saturated rings. The van der Waals surface area contributed by atoms with E-state index in [4.69, 9.17) is 25.6 Å². The summed E-state index contributed by atoms with van der Waals surface area (Å²) in [5.41, 5.74) is 0. The first-order valence-corrected chi connectivity index (χ1v) is 10.8. The number of carbonyl (C=O) groups excluding carboxylic acids is 1. The van der Waals surface area contributed by atoms with Gasteiger partial charge in [0.15, 0.2) is 0 Å². The summed E-state index contributed by atoms with van der Waals surface area (Å²) in [5.74, 6) is 0.446. The molecule has 1 aromatic carbocycles. The number of esters is 1. The molecule has 0 aliphatic carbocycles. The molecule has 1 saturated heterocycles. The first-order chi connectivity index (χ1) is 14.5. The molecule has 166 valence electrons. The zero-order valence-electron chi connectivity index (χ0n) is 17.1. The maximum atomic E-state index is 11.1. The Morgan fingerprint density at radius 2 is 2.27 bits per heavy atom. The molecule has 0 saturated carbocycles. The van der Waals surface area contributed by atoms with Gasteiger partial charge in [0.1, 0.15) is 18.5 Å². The van der Waals surface area contributed by atoms with Crippen molar-refractivity contribution in [3.63, 3.8) is 0 Å². The van der Waals surface area contributed by atoms with E-state index in [1.807, 2.05) is 36.4 Å². The average molecular weight is 457 g/mol. The molecule has 0 aromatic heterocycles. The van der Waals surface area contributed by atoms with Gasteiger partial charge in [-0.25, -0.2) is 0 Å². The van der Waals surface area contributed by atoms with Crippen LogP contribution in [0.2, 0.25) is 5.02 Å². The first kappa shape index (κ1) is 24.8. The van der Waals surface area contributed by atoms with Gasteiger partial charge in [-0.3, -0.25) is 4.79 Å². The van der Waals surface area contributed by atoms with Gasteiger partial charge in [-0.15, -0.1) is 0 Å². The van der Waals surface area contributed by atoms with Gasteiger partial charge in [-0.2, -0.15) is 0 Å². The Hall–Kier alpha value is -1.43. The number of unbranched alkanes of at least 4 members (excludes halogenated alkanes) is 1. The maximum Gasteiger partial charge on any atom is 0.305 e. The number of halogens is 1. The van der Waals surface area contributed by atoms with Crippen molar-refractivity contribution in [3.05, 3.63) is 53.6 Å². The number of methoxy groups -OCH3 is 1. The Morgan fingerprint density at radius 1 is 1.43 bits per heavy atom. The molecular weight excluding hydrogens is 427 g/mol. The van der Waals surface area contributed by atoms with Crippen LogP contribution in [-0.4, -0.2) is 49.7 Å². The topological polar surface area (TPSA) is 74.2 Å². The van der Waals surface area contributed by atoms with E-state index >= 15 is 0 Å². The number of carbonyl (C=O) groups is 1. The SMILES string of the molecule is COC(=O)CCC/C=C\C[C@H]1C(O)CO[C@@H]1/C=C/C(COc1cccc(Cl)c1)OP. The van der Waals surface area contributed by atoms with Gasteiger partial charge in [0.2, 0.25) is 0 Å². The van der Waals surface area contributed by atoms with E-state index in [-0.39, 0.29) is 24.1 Å². The van der Waals surface area contributed by atoms with Gasteiger partial charge in [0, 0.05) is 26.8 Å². The Bertz CT molecular complexity index is 711. The molecule has 8 heteroatoms. The van der Waals surface area contributed by atoms with E-state index in [0.29, 0.717) is 36.8 Å². The Kier molecular flexibility index (Phi) is 11.4. The summed E-state index contributed by atoms with van der Waals surface area (Å²) < 4.78 is 21.4. The standard InChI is InChI=1S/C22H30ClO6P/c1-26-22(25)10-5-3-2-4-9-19-20(24)15-28-21(19)12-11-18(29-30)14-27-17-8-6-7-16(23)13-17/h2,4,6-8,11-13,18-21,24H,3,5,9-10,14-15,30H2,1H3/b4-2-,12-11+/t18?,19-,20?,21+/m0/s1. The van der Waals surface area contributed by atoms with Crippen LogP contribution in [0.4, 0.5) is 0 Å². The number of ether oxygens (including phenoxy) is 3. The monoisotopic (exact) mass is 456 g/mol. The minimum absolute atomic E-state index is 0.0304. The molecule has 1 aliphatic heterocycles. The predicted octanol–water partition coefficient (Wildman–Crippen LogP) is 4.12. The molecule has 0 radical (unpaired) electrons. The molecule has 0 amide bonds. The van der Waals surface area contributed by atoms with Crippen LogP contribution >= 0.6 is 21.1 Å². The summed E-state index contributed by atoms with van der Waals surface area (Å²) in [7, 11) is 3.64. The lowest BCUT2D eigenvalue weighted by molar-refractivity contribution is -0.140. The summed E-state index contributed by atoms with van der Waals surface area (Å²) >= 11 is 5.97. The van der Waals surface area contributed by atoms with Crippen LogP contribution in [0.15, 0.2) is 48.6 Å². The van der Waals surface area contributed by atoms with Crippen LogP contribution in [0.3, 0.4) is 0 Å². The van der Waals surface area contributed by atoms with Crippen molar-refractivity contribution < 1.29 is 28.6 Å². The number of hydrogen-bond acceptors (Lipinski definition) is 6. The fourth-order valence-electron chi connectivity index (χ4n) is 3.11. The molecule has 1 N–H and O–H groups in total. The van der Waals surface area contributed by atoms with Crippen molar-refractivity contribution >= 4 is 27.0 Å². The number of hydrogen-bond donors (Lipinski definition) is 1. The molecule has 5 atom stereocenters. The van der Waals surface area contributed by atoms with Crippen molar-refractivity contribution in [1.29, 1.82) is 0 Å². The molecular formula is C22H30ClO6P. The number of aliphatic hydroxyl groups is 1. The zero-order valence-corrected chi connectivity index (χ0v) is 19.0. The fraction of sp³-hybridized carbons (Fsp3) is 0.500. The molecule has 30 heavy (non-hydrogen) atoms. The maximum absolute atomic E-state index is 11.1. The quantitative estimate of drug-likeness (QED) is 0.221. The van der Waals surface area contributed by atoms with Crippen molar-refractivity contribution in [2.24, 2.45) is 5.92 Å².